The van der Waals surface area contributed by atoms with Crippen molar-refractivity contribution in [2.45, 2.75) is 64.8 Å². The zero-order valence-electron chi connectivity index (χ0n) is 11.4. The largest absolute Gasteiger partial charge is 0.481 e. The number of rotatable bonds is 6. The second-order valence-corrected chi connectivity index (χ2v) is 5.55. The lowest BCUT2D eigenvalue weighted by molar-refractivity contribution is -0.142. The molecule has 0 heterocycles. The van der Waals surface area contributed by atoms with Crippen molar-refractivity contribution >= 4 is 11.9 Å². The summed E-state index contributed by atoms with van der Waals surface area (Å²) in [6.45, 7) is 4.23. The second kappa shape index (κ2) is 7.39. The molecule has 18 heavy (non-hydrogen) atoms. The number of carboxylic acids is 1. The molecule has 0 saturated heterocycles. The van der Waals surface area contributed by atoms with Gasteiger partial charge in [-0.2, -0.15) is 0 Å². The Morgan fingerprint density at radius 1 is 1.28 bits per heavy atom. The van der Waals surface area contributed by atoms with E-state index in [0.29, 0.717) is 25.2 Å². The van der Waals surface area contributed by atoms with E-state index in [2.05, 4.69) is 19.2 Å². The van der Waals surface area contributed by atoms with Crippen LogP contribution in [0.25, 0.3) is 0 Å². The number of carbonyl (C=O) groups is 2. The monoisotopic (exact) mass is 255 g/mol. The minimum atomic E-state index is -0.698. The van der Waals surface area contributed by atoms with Crippen molar-refractivity contribution in [2.75, 3.05) is 0 Å². The number of hydrogen-bond donors (Lipinski definition) is 2. The molecule has 0 unspecified atom stereocenters. The first-order chi connectivity index (χ1) is 8.52. The van der Waals surface area contributed by atoms with Crippen molar-refractivity contribution < 1.29 is 14.7 Å². The maximum atomic E-state index is 11.8. The van der Waals surface area contributed by atoms with Gasteiger partial charge in [-0.15, -0.1) is 0 Å². The number of hydrogen-bond acceptors (Lipinski definition) is 2. The fourth-order valence-electron chi connectivity index (χ4n) is 2.68. The maximum absolute atomic E-state index is 11.8. The summed E-state index contributed by atoms with van der Waals surface area (Å²) in [6.07, 6.45) is 5.75. The Morgan fingerprint density at radius 3 is 2.39 bits per heavy atom. The van der Waals surface area contributed by atoms with E-state index in [-0.39, 0.29) is 17.9 Å². The molecule has 4 heteroatoms. The highest BCUT2D eigenvalue weighted by atomic mass is 16.4. The number of nitrogens with one attached hydrogen (secondary N) is 1. The van der Waals surface area contributed by atoms with Gasteiger partial charge in [0.05, 0.1) is 5.92 Å². The average molecular weight is 255 g/mol. The van der Waals surface area contributed by atoms with Crippen molar-refractivity contribution in [3.8, 4) is 0 Å². The van der Waals surface area contributed by atoms with Crippen LogP contribution in [0.4, 0.5) is 0 Å². The van der Waals surface area contributed by atoms with Crippen molar-refractivity contribution in [2.24, 2.45) is 11.8 Å². The first kappa shape index (κ1) is 15.0. The normalized spacial score (nSPS) is 25.4. The van der Waals surface area contributed by atoms with Crippen LogP contribution in [0, 0.1) is 11.8 Å². The Hall–Kier alpha value is -1.06. The van der Waals surface area contributed by atoms with E-state index in [1.54, 1.807) is 0 Å². The molecule has 104 valence electrons. The standard InChI is InChI=1S/C14H25NO3/c1-3-4-10(2)9-13(16)15-12-7-5-11(6-8-12)14(17)18/h10-12H,3-9H2,1-2H3,(H,15,16)(H,17,18)/t10-,11?,12?/m0/s1. The molecule has 0 bridgehead atoms. The van der Waals surface area contributed by atoms with Crippen molar-refractivity contribution in [3.63, 3.8) is 0 Å². The third-order valence-electron chi connectivity index (χ3n) is 3.76. The first-order valence-corrected chi connectivity index (χ1v) is 7.05. The molecule has 4 nitrogen and oxygen atoms in total. The highest BCUT2D eigenvalue weighted by molar-refractivity contribution is 5.76. The molecule has 0 aliphatic heterocycles. The lowest BCUT2D eigenvalue weighted by atomic mass is 9.86. The van der Waals surface area contributed by atoms with E-state index < -0.39 is 5.97 Å². The van der Waals surface area contributed by atoms with Crippen molar-refractivity contribution in [1.82, 2.24) is 5.32 Å². The van der Waals surface area contributed by atoms with Crippen molar-refractivity contribution in [3.05, 3.63) is 0 Å². The van der Waals surface area contributed by atoms with Gasteiger partial charge in [0.15, 0.2) is 0 Å². The predicted octanol–water partition coefficient (Wildman–Crippen LogP) is 2.57. The highest BCUT2D eigenvalue weighted by Gasteiger charge is 2.26. The summed E-state index contributed by atoms with van der Waals surface area (Å²) in [6, 6.07) is 0.182. The van der Waals surface area contributed by atoms with Crippen LogP contribution in [-0.4, -0.2) is 23.0 Å². The summed E-state index contributed by atoms with van der Waals surface area (Å²) in [5, 5.41) is 11.9. The third-order valence-corrected chi connectivity index (χ3v) is 3.76. The fraction of sp³-hybridized carbons (Fsp3) is 0.857. The summed E-state index contributed by atoms with van der Waals surface area (Å²) >= 11 is 0. The second-order valence-electron chi connectivity index (χ2n) is 5.55. The number of carboxylic acid groups (broad SMARTS) is 1. The van der Waals surface area contributed by atoms with Crippen molar-refractivity contribution in [1.29, 1.82) is 0 Å². The fourth-order valence-corrected chi connectivity index (χ4v) is 2.68. The molecule has 1 aliphatic carbocycles. The molecule has 1 rings (SSSR count). The predicted molar refractivity (Wildman–Crippen MR) is 70.2 cm³/mol. The van der Waals surface area contributed by atoms with E-state index in [9.17, 15) is 9.59 Å². The summed E-state index contributed by atoms with van der Waals surface area (Å²) in [4.78, 5) is 22.6. The Balaban J connectivity index is 2.24. The maximum Gasteiger partial charge on any atom is 0.306 e. The molecular weight excluding hydrogens is 230 g/mol. The molecule has 0 radical (unpaired) electrons. The molecule has 1 fully saturated rings. The molecule has 1 atom stereocenters. The van der Waals surface area contributed by atoms with E-state index >= 15 is 0 Å². The summed E-state index contributed by atoms with van der Waals surface area (Å²) in [5.74, 6) is -0.353. The van der Waals surface area contributed by atoms with Gasteiger partial charge < -0.3 is 10.4 Å². The number of aliphatic carboxylic acids is 1. The molecule has 2 N–H and O–H groups in total. The molecule has 0 spiro atoms. The molecule has 1 aliphatic rings. The minimum absolute atomic E-state index is 0.120. The summed E-state index contributed by atoms with van der Waals surface area (Å²) < 4.78 is 0. The van der Waals surface area contributed by atoms with E-state index in [1.165, 1.54) is 0 Å². The van der Waals surface area contributed by atoms with E-state index in [4.69, 9.17) is 5.11 Å². The third kappa shape index (κ3) is 5.07. The highest BCUT2D eigenvalue weighted by Crippen LogP contribution is 2.24. The van der Waals surface area contributed by atoms with E-state index in [1.807, 2.05) is 0 Å². The number of amides is 1. The van der Waals surface area contributed by atoms with Gasteiger partial charge in [0, 0.05) is 12.5 Å². The zero-order chi connectivity index (χ0) is 13.5. The lowest BCUT2D eigenvalue weighted by Gasteiger charge is -2.27. The molecular formula is C14H25NO3. The molecule has 0 aromatic rings. The Bertz CT molecular complexity index is 283. The average Bonchev–Trinajstić information content (AvgIpc) is 2.29. The van der Waals surface area contributed by atoms with E-state index in [0.717, 1.165) is 25.7 Å². The molecule has 1 saturated carbocycles. The van der Waals surface area contributed by atoms with Crippen LogP contribution in [-0.2, 0) is 9.59 Å². The molecule has 1 amide bonds. The number of carbonyl (C=O) groups excluding carboxylic acids is 1. The van der Waals surface area contributed by atoms with Crippen LogP contribution in [0.1, 0.15) is 58.8 Å². The van der Waals surface area contributed by atoms with Crippen LogP contribution in [0.2, 0.25) is 0 Å². The van der Waals surface area contributed by atoms with Gasteiger partial charge in [0.1, 0.15) is 0 Å². The Kier molecular flexibility index (Phi) is 6.16. The SMILES string of the molecule is CCC[C@H](C)CC(=O)NC1CCC(C(=O)O)CC1. The van der Waals surface area contributed by atoms with Gasteiger partial charge in [-0.3, -0.25) is 9.59 Å². The lowest BCUT2D eigenvalue weighted by Crippen LogP contribution is -2.39. The molecule has 0 aromatic heterocycles. The minimum Gasteiger partial charge on any atom is -0.481 e. The first-order valence-electron chi connectivity index (χ1n) is 7.05. The summed E-state index contributed by atoms with van der Waals surface area (Å²) in [7, 11) is 0. The van der Waals surface area contributed by atoms with Crippen LogP contribution < -0.4 is 5.32 Å². The molecule has 0 aromatic carbocycles. The van der Waals surface area contributed by atoms with Crippen LogP contribution >= 0.6 is 0 Å². The quantitative estimate of drug-likeness (QED) is 0.766. The van der Waals surface area contributed by atoms with Gasteiger partial charge in [-0.05, 0) is 31.6 Å². The summed E-state index contributed by atoms with van der Waals surface area (Å²) in [5.41, 5.74) is 0. The van der Waals surface area contributed by atoms with Crippen LogP contribution in [0.15, 0.2) is 0 Å². The van der Waals surface area contributed by atoms with Gasteiger partial charge in [-0.1, -0.05) is 26.7 Å². The van der Waals surface area contributed by atoms with Crippen LogP contribution in [0.3, 0.4) is 0 Å². The van der Waals surface area contributed by atoms with Gasteiger partial charge in [-0.25, -0.2) is 0 Å². The Morgan fingerprint density at radius 2 is 1.89 bits per heavy atom. The topological polar surface area (TPSA) is 66.4 Å². The van der Waals surface area contributed by atoms with Crippen LogP contribution in [0.5, 0.6) is 0 Å². The smallest absolute Gasteiger partial charge is 0.306 e. The van der Waals surface area contributed by atoms with Gasteiger partial charge in [0.2, 0.25) is 5.91 Å². The Labute approximate surface area is 109 Å². The zero-order valence-corrected chi connectivity index (χ0v) is 11.4. The van der Waals surface area contributed by atoms with Gasteiger partial charge >= 0.3 is 5.97 Å². The van der Waals surface area contributed by atoms with Gasteiger partial charge in [0.25, 0.3) is 0 Å².